The van der Waals surface area contributed by atoms with Gasteiger partial charge in [0.25, 0.3) is 0 Å². The van der Waals surface area contributed by atoms with E-state index >= 15 is 0 Å². The number of rotatable bonds is 5. The average molecular weight is 307 g/mol. The van der Waals surface area contributed by atoms with E-state index in [9.17, 15) is 0 Å². The maximum Gasteiger partial charge on any atom is 0.338 e. The second-order valence-corrected chi connectivity index (χ2v) is 7.08. The van der Waals surface area contributed by atoms with Crippen molar-refractivity contribution >= 4 is 5.95 Å². The van der Waals surface area contributed by atoms with Crippen LogP contribution in [0.5, 0.6) is 12.0 Å². The summed E-state index contributed by atoms with van der Waals surface area (Å²) in [4.78, 5) is 13.5. The molecule has 0 aliphatic carbocycles. The molecule has 3 aliphatic heterocycles. The van der Waals surface area contributed by atoms with Crippen LogP contribution in [0.4, 0.5) is 5.95 Å². The molecule has 0 spiro atoms. The van der Waals surface area contributed by atoms with E-state index in [1.807, 2.05) is 27.7 Å². The van der Waals surface area contributed by atoms with Crippen molar-refractivity contribution in [3.63, 3.8) is 0 Å². The number of nitrogens with zero attached hydrogens (tertiary/aromatic N) is 4. The molecule has 3 fully saturated rings. The van der Waals surface area contributed by atoms with Crippen molar-refractivity contribution < 1.29 is 9.47 Å². The summed E-state index contributed by atoms with van der Waals surface area (Å²) in [6.07, 6.45) is 3.88. The fourth-order valence-corrected chi connectivity index (χ4v) is 3.42. The van der Waals surface area contributed by atoms with Gasteiger partial charge in [0.05, 0.1) is 31.8 Å². The Labute approximate surface area is 132 Å². The first kappa shape index (κ1) is 15.5. The van der Waals surface area contributed by atoms with Crippen molar-refractivity contribution in [2.45, 2.75) is 59.2 Å². The quantitative estimate of drug-likeness (QED) is 0.783. The van der Waals surface area contributed by atoms with E-state index in [1.165, 1.54) is 19.3 Å². The summed E-state index contributed by atoms with van der Waals surface area (Å²) in [6.45, 7) is 11.3. The van der Waals surface area contributed by atoms with Gasteiger partial charge in [-0.2, -0.15) is 0 Å². The Morgan fingerprint density at radius 1 is 0.818 bits per heavy atom. The first-order valence-electron chi connectivity index (χ1n) is 8.43. The summed E-state index contributed by atoms with van der Waals surface area (Å²) < 4.78 is 12.3. The largest absolute Gasteiger partial charge is 0.460 e. The lowest BCUT2D eigenvalue weighted by Crippen LogP contribution is -2.60. The molecule has 1 aromatic rings. The molecule has 4 heterocycles. The molecule has 0 atom stereocenters. The molecule has 3 aliphatic rings. The highest BCUT2D eigenvalue weighted by atomic mass is 16.5. The van der Waals surface area contributed by atoms with Crippen LogP contribution in [0.2, 0.25) is 0 Å². The van der Waals surface area contributed by atoms with E-state index in [4.69, 9.17) is 9.47 Å². The highest BCUT2D eigenvalue weighted by Crippen LogP contribution is 2.37. The number of aromatic nitrogens is 3. The zero-order valence-electron chi connectivity index (χ0n) is 14.1. The van der Waals surface area contributed by atoms with Gasteiger partial charge >= 0.3 is 18.0 Å². The number of quaternary nitrogens is 1. The molecule has 6 heteroatoms. The van der Waals surface area contributed by atoms with Gasteiger partial charge in [0.2, 0.25) is 0 Å². The van der Waals surface area contributed by atoms with Crippen molar-refractivity contribution in [1.29, 1.82) is 0 Å². The predicted molar refractivity (Wildman–Crippen MR) is 85.1 cm³/mol. The van der Waals surface area contributed by atoms with E-state index in [0.717, 1.165) is 36.0 Å². The standard InChI is InChI=1S/C16H27N4O2/c1-11(2)21-15-17-14(18-16(19-15)22-12(3)4)20-8-5-13(6-9-20)7-10-20/h11-13H,5-10H2,1-4H3/q+1. The van der Waals surface area contributed by atoms with Crippen LogP contribution in [0.1, 0.15) is 47.0 Å². The molecular weight excluding hydrogens is 280 g/mol. The van der Waals surface area contributed by atoms with Crippen LogP contribution < -0.4 is 14.0 Å². The van der Waals surface area contributed by atoms with Gasteiger partial charge in [0.1, 0.15) is 0 Å². The third-order valence-corrected chi connectivity index (χ3v) is 4.59. The maximum absolute atomic E-state index is 5.72. The van der Waals surface area contributed by atoms with Gasteiger partial charge in [-0.25, -0.2) is 0 Å². The van der Waals surface area contributed by atoms with Gasteiger partial charge in [-0.15, -0.1) is 15.0 Å². The van der Waals surface area contributed by atoms with Crippen molar-refractivity contribution in [2.75, 3.05) is 19.6 Å². The smallest absolute Gasteiger partial charge is 0.338 e. The Balaban J connectivity index is 1.94. The molecule has 1 aromatic heterocycles. The van der Waals surface area contributed by atoms with Gasteiger partial charge in [-0.1, -0.05) is 0 Å². The van der Waals surface area contributed by atoms with Gasteiger partial charge in [0, 0.05) is 19.3 Å². The molecule has 2 bridgehead atoms. The van der Waals surface area contributed by atoms with Crippen LogP contribution in [0.3, 0.4) is 0 Å². The average Bonchev–Trinajstić information content (AvgIpc) is 2.47. The fourth-order valence-electron chi connectivity index (χ4n) is 3.42. The van der Waals surface area contributed by atoms with E-state index in [1.54, 1.807) is 0 Å². The molecule has 0 amide bonds. The van der Waals surface area contributed by atoms with Crippen molar-refractivity contribution in [1.82, 2.24) is 19.4 Å². The van der Waals surface area contributed by atoms with Crippen molar-refractivity contribution in [2.24, 2.45) is 5.92 Å². The molecule has 22 heavy (non-hydrogen) atoms. The summed E-state index contributed by atoms with van der Waals surface area (Å²) in [7, 11) is 0. The second kappa shape index (κ2) is 5.99. The number of ether oxygens (including phenoxy) is 2. The minimum atomic E-state index is 0.0363. The maximum atomic E-state index is 5.72. The lowest BCUT2D eigenvalue weighted by Gasteiger charge is -2.46. The minimum Gasteiger partial charge on any atom is -0.460 e. The molecule has 3 saturated heterocycles. The van der Waals surface area contributed by atoms with Crippen LogP contribution in [0.25, 0.3) is 0 Å². The third kappa shape index (κ3) is 3.16. The van der Waals surface area contributed by atoms with Crippen LogP contribution in [0, 0.1) is 5.92 Å². The monoisotopic (exact) mass is 307 g/mol. The first-order chi connectivity index (χ1) is 10.5. The second-order valence-electron chi connectivity index (χ2n) is 7.08. The molecule has 0 radical (unpaired) electrons. The van der Waals surface area contributed by atoms with Gasteiger partial charge in [0.15, 0.2) is 0 Å². The van der Waals surface area contributed by atoms with Crippen LogP contribution >= 0.6 is 0 Å². The van der Waals surface area contributed by atoms with Crippen LogP contribution in [-0.4, -0.2) is 46.8 Å². The Kier molecular flexibility index (Phi) is 4.21. The SMILES string of the molecule is CC(C)Oc1nc(OC(C)C)nc([N+]23CCC(CC2)CC3)n1. The molecule has 122 valence electrons. The normalized spacial score (nSPS) is 27.5. The molecule has 4 rings (SSSR count). The molecule has 0 unspecified atom stereocenters. The highest BCUT2D eigenvalue weighted by molar-refractivity contribution is 5.30. The number of hydrogen-bond donors (Lipinski definition) is 0. The minimum absolute atomic E-state index is 0.0363. The predicted octanol–water partition coefficient (Wildman–Crippen LogP) is 2.57. The molecule has 0 N–H and O–H groups in total. The topological polar surface area (TPSA) is 57.1 Å². The van der Waals surface area contributed by atoms with Crippen LogP contribution in [0.15, 0.2) is 0 Å². The first-order valence-corrected chi connectivity index (χ1v) is 8.43. The van der Waals surface area contributed by atoms with Crippen molar-refractivity contribution in [3.05, 3.63) is 0 Å². The lowest BCUT2D eigenvalue weighted by molar-refractivity contribution is 0.103. The van der Waals surface area contributed by atoms with Crippen molar-refractivity contribution in [3.8, 4) is 12.0 Å². The van der Waals surface area contributed by atoms with Gasteiger partial charge < -0.3 is 9.47 Å². The number of hydrogen-bond acceptors (Lipinski definition) is 5. The van der Waals surface area contributed by atoms with E-state index in [2.05, 4.69) is 15.0 Å². The third-order valence-electron chi connectivity index (χ3n) is 4.59. The Morgan fingerprint density at radius 2 is 1.27 bits per heavy atom. The Bertz CT molecular complexity index is 483. The van der Waals surface area contributed by atoms with E-state index < -0.39 is 0 Å². The fraction of sp³-hybridized carbons (Fsp3) is 0.812. The zero-order chi connectivity index (χ0) is 15.7. The zero-order valence-corrected chi connectivity index (χ0v) is 14.1. The number of piperidine rings is 3. The lowest BCUT2D eigenvalue weighted by atomic mass is 9.86. The summed E-state index contributed by atoms with van der Waals surface area (Å²) in [5.41, 5.74) is 0. The molecule has 0 aromatic carbocycles. The highest BCUT2D eigenvalue weighted by Gasteiger charge is 2.44. The summed E-state index contributed by atoms with van der Waals surface area (Å²) in [5, 5.41) is 0. The Hall–Kier alpha value is -1.43. The summed E-state index contributed by atoms with van der Waals surface area (Å²) >= 11 is 0. The van der Waals surface area contributed by atoms with Gasteiger partial charge in [-0.3, -0.25) is 4.48 Å². The van der Waals surface area contributed by atoms with E-state index in [-0.39, 0.29) is 12.2 Å². The van der Waals surface area contributed by atoms with E-state index in [0.29, 0.717) is 12.0 Å². The summed E-state index contributed by atoms with van der Waals surface area (Å²) in [5.74, 6) is 1.72. The molecule has 6 nitrogen and oxygen atoms in total. The summed E-state index contributed by atoms with van der Waals surface area (Å²) in [6, 6.07) is 0.770. The molecular formula is C16H27N4O2+. The van der Waals surface area contributed by atoms with Crippen LogP contribution in [-0.2, 0) is 0 Å². The Morgan fingerprint density at radius 3 is 1.68 bits per heavy atom. The van der Waals surface area contributed by atoms with Gasteiger partial charge in [-0.05, 0) is 33.6 Å². The number of fused-ring (bicyclic) bond motifs is 3. The molecule has 0 saturated carbocycles.